The largest absolute Gasteiger partial charge is 0.479 e. The van der Waals surface area contributed by atoms with Gasteiger partial charge in [-0.1, -0.05) is 0 Å². The van der Waals surface area contributed by atoms with Gasteiger partial charge in [0.25, 0.3) is 0 Å². The van der Waals surface area contributed by atoms with E-state index in [1.165, 1.54) is 24.3 Å². The van der Waals surface area contributed by atoms with Crippen molar-refractivity contribution < 1.29 is 32.2 Å². The van der Waals surface area contributed by atoms with Gasteiger partial charge in [0.05, 0.1) is 26.7 Å². The zero-order valence-electron chi connectivity index (χ0n) is 15.1. The van der Waals surface area contributed by atoms with Crippen LogP contribution in [0, 0.1) is 0 Å². The Balaban J connectivity index is 1.73. The normalized spacial score (nSPS) is 20.2. The second kappa shape index (κ2) is 8.41. The van der Waals surface area contributed by atoms with Gasteiger partial charge in [0, 0.05) is 6.08 Å². The van der Waals surface area contributed by atoms with Gasteiger partial charge in [0.2, 0.25) is 5.88 Å². The Hall–Kier alpha value is -1.91. The number of imidazole rings is 1. The van der Waals surface area contributed by atoms with Gasteiger partial charge >= 0.3 is 7.60 Å². The highest BCUT2D eigenvalue weighted by Gasteiger charge is 2.34. The van der Waals surface area contributed by atoms with Crippen molar-refractivity contribution >= 4 is 18.8 Å². The van der Waals surface area contributed by atoms with E-state index in [0.717, 1.165) is 6.08 Å². The van der Waals surface area contributed by atoms with Gasteiger partial charge in [0.15, 0.2) is 35.9 Å². The number of hydrogen-bond acceptors (Lipinski definition) is 9. The lowest BCUT2D eigenvalue weighted by Gasteiger charge is -2.20. The molecule has 0 unspecified atom stereocenters. The molecular weight excluding hydrogens is 382 g/mol. The van der Waals surface area contributed by atoms with Crippen LogP contribution in [0.15, 0.2) is 24.6 Å². The molecule has 0 radical (unpaired) electrons. The Kier molecular flexibility index (Phi) is 6.18. The zero-order chi connectivity index (χ0) is 19.4. The monoisotopic (exact) mass is 402 g/mol. The first-order valence-electron chi connectivity index (χ1n) is 8.25. The third-order valence-corrected chi connectivity index (χ3v) is 5.38. The Morgan fingerprint density at radius 3 is 2.67 bits per heavy atom. The molecule has 2 aromatic rings. The fourth-order valence-corrected chi connectivity index (χ4v) is 3.89. The molecule has 2 aromatic heterocycles. The number of hydrogen-bond donors (Lipinski definition) is 0. The average molecular weight is 402 g/mol. The molecule has 3 rings (SSSR count). The Morgan fingerprint density at radius 2 is 2.00 bits per heavy atom. The zero-order valence-corrected chi connectivity index (χ0v) is 16.0. The van der Waals surface area contributed by atoms with Crippen LogP contribution in [-0.2, 0) is 23.1 Å². The predicted octanol–water partition coefficient (Wildman–Crippen LogP) is 2.78. The minimum absolute atomic E-state index is 0.196. The SMILES string of the molecule is CCOP(=O)(CO[C@@H]1C=C(F)[C@H](n2cnc3c(OC)ncnc32)O1)OCC. The summed E-state index contributed by atoms with van der Waals surface area (Å²) < 4.78 is 54.6. The quantitative estimate of drug-likeness (QED) is 0.585. The molecule has 1 aliphatic rings. The summed E-state index contributed by atoms with van der Waals surface area (Å²) in [6.07, 6.45) is 1.23. The smallest absolute Gasteiger partial charge is 0.356 e. The molecule has 1 aliphatic heterocycles. The molecule has 27 heavy (non-hydrogen) atoms. The lowest BCUT2D eigenvalue weighted by atomic mass is 10.4. The molecule has 0 amide bonds. The van der Waals surface area contributed by atoms with Crippen LogP contribution in [0.25, 0.3) is 11.2 Å². The van der Waals surface area contributed by atoms with Crippen molar-refractivity contribution in [2.45, 2.75) is 26.4 Å². The van der Waals surface area contributed by atoms with Gasteiger partial charge in [-0.15, -0.1) is 0 Å². The summed E-state index contributed by atoms with van der Waals surface area (Å²) in [5.41, 5.74) is 0.711. The number of fused-ring (bicyclic) bond motifs is 1. The molecule has 148 valence electrons. The van der Waals surface area contributed by atoms with E-state index in [-0.39, 0.29) is 25.4 Å². The highest BCUT2D eigenvalue weighted by molar-refractivity contribution is 7.53. The molecule has 0 spiro atoms. The highest BCUT2D eigenvalue weighted by Crippen LogP contribution is 2.48. The van der Waals surface area contributed by atoms with E-state index in [1.54, 1.807) is 13.8 Å². The molecule has 0 fully saturated rings. The van der Waals surface area contributed by atoms with Crippen LogP contribution in [0.3, 0.4) is 0 Å². The van der Waals surface area contributed by atoms with Crippen molar-refractivity contribution in [3.05, 3.63) is 24.6 Å². The van der Waals surface area contributed by atoms with E-state index in [2.05, 4.69) is 15.0 Å². The first-order valence-corrected chi connectivity index (χ1v) is 9.98. The van der Waals surface area contributed by atoms with Crippen molar-refractivity contribution in [2.24, 2.45) is 0 Å². The van der Waals surface area contributed by atoms with Crippen LogP contribution in [0.5, 0.6) is 5.88 Å². The molecule has 2 atom stereocenters. The minimum atomic E-state index is -3.43. The molecule has 12 heteroatoms. The summed E-state index contributed by atoms with van der Waals surface area (Å²) in [5, 5.41) is 0. The van der Waals surface area contributed by atoms with Crippen LogP contribution in [-0.4, -0.2) is 52.5 Å². The highest BCUT2D eigenvalue weighted by atomic mass is 31.2. The van der Waals surface area contributed by atoms with Gasteiger partial charge in [-0.25, -0.2) is 14.4 Å². The van der Waals surface area contributed by atoms with Gasteiger partial charge < -0.3 is 23.3 Å². The lowest BCUT2D eigenvalue weighted by Crippen LogP contribution is -2.17. The number of halogens is 1. The van der Waals surface area contributed by atoms with Crippen LogP contribution >= 0.6 is 7.60 Å². The molecule has 0 bridgehead atoms. The van der Waals surface area contributed by atoms with Gasteiger partial charge in [-0.05, 0) is 13.8 Å². The van der Waals surface area contributed by atoms with Crippen LogP contribution < -0.4 is 4.74 Å². The summed E-state index contributed by atoms with van der Waals surface area (Å²) in [5.74, 6) is -0.331. The maximum atomic E-state index is 14.4. The topological polar surface area (TPSA) is 107 Å². The maximum Gasteiger partial charge on any atom is 0.356 e. The summed E-state index contributed by atoms with van der Waals surface area (Å²) >= 11 is 0. The summed E-state index contributed by atoms with van der Waals surface area (Å²) in [6.45, 7) is 3.77. The number of nitrogens with zero attached hydrogens (tertiary/aromatic N) is 4. The van der Waals surface area contributed by atoms with Crippen molar-refractivity contribution in [1.29, 1.82) is 0 Å². The van der Waals surface area contributed by atoms with Crippen LogP contribution in [0.2, 0.25) is 0 Å². The summed E-state index contributed by atoms with van der Waals surface area (Å²) in [7, 11) is -1.98. The minimum Gasteiger partial charge on any atom is -0.479 e. The number of ether oxygens (including phenoxy) is 3. The molecule has 3 heterocycles. The number of methoxy groups -OCH3 is 1. The third-order valence-electron chi connectivity index (χ3n) is 3.61. The summed E-state index contributed by atoms with van der Waals surface area (Å²) in [6, 6.07) is 0. The van der Waals surface area contributed by atoms with Crippen molar-refractivity contribution in [2.75, 3.05) is 26.7 Å². The fraction of sp³-hybridized carbons (Fsp3) is 0.533. The molecule has 0 saturated heterocycles. The van der Waals surface area contributed by atoms with Crippen LogP contribution in [0.1, 0.15) is 20.1 Å². The molecule has 10 nitrogen and oxygen atoms in total. The van der Waals surface area contributed by atoms with Crippen molar-refractivity contribution in [3.63, 3.8) is 0 Å². The number of rotatable bonds is 9. The predicted molar refractivity (Wildman–Crippen MR) is 91.8 cm³/mol. The second-order valence-electron chi connectivity index (χ2n) is 5.36. The molecule has 0 aromatic carbocycles. The van der Waals surface area contributed by atoms with E-state index in [4.69, 9.17) is 23.3 Å². The lowest BCUT2D eigenvalue weighted by molar-refractivity contribution is -0.130. The standard InChI is InChI=1S/C15H20FN4O6P/c1-4-24-27(21,25-5-2)9-23-11-6-10(16)15(26-11)20-8-19-12-13(20)17-7-18-14(12)22-3/h6-8,11,15H,4-5,9H2,1-3H3/t11-,15+/m0/s1. The van der Waals surface area contributed by atoms with E-state index >= 15 is 0 Å². The fourth-order valence-electron chi connectivity index (χ4n) is 2.55. The Bertz CT molecular complexity index is 865. The van der Waals surface area contributed by atoms with E-state index in [1.807, 2.05) is 0 Å². The van der Waals surface area contributed by atoms with E-state index in [0.29, 0.717) is 11.2 Å². The second-order valence-corrected chi connectivity index (χ2v) is 7.35. The van der Waals surface area contributed by atoms with Gasteiger partial charge in [-0.2, -0.15) is 4.98 Å². The van der Waals surface area contributed by atoms with E-state index < -0.39 is 25.9 Å². The Labute approximate surface area is 154 Å². The van der Waals surface area contributed by atoms with Crippen molar-refractivity contribution in [3.8, 4) is 5.88 Å². The molecule has 0 N–H and O–H groups in total. The van der Waals surface area contributed by atoms with Gasteiger partial charge in [0.1, 0.15) is 6.33 Å². The average Bonchev–Trinajstić information content (AvgIpc) is 3.23. The van der Waals surface area contributed by atoms with Crippen molar-refractivity contribution in [1.82, 2.24) is 19.5 Å². The molecule has 0 saturated carbocycles. The van der Waals surface area contributed by atoms with Crippen LogP contribution in [0.4, 0.5) is 4.39 Å². The van der Waals surface area contributed by atoms with Gasteiger partial charge in [-0.3, -0.25) is 9.13 Å². The third kappa shape index (κ3) is 4.17. The Morgan fingerprint density at radius 1 is 1.26 bits per heavy atom. The molecule has 0 aliphatic carbocycles. The first-order chi connectivity index (χ1) is 13.0. The first kappa shape index (κ1) is 19.8. The number of aromatic nitrogens is 4. The molecular formula is C15H20FN4O6P. The van der Waals surface area contributed by atoms with E-state index in [9.17, 15) is 8.96 Å². The maximum absolute atomic E-state index is 14.4. The summed E-state index contributed by atoms with van der Waals surface area (Å²) in [4.78, 5) is 12.2.